The van der Waals surface area contributed by atoms with Crippen LogP contribution in [0.4, 0.5) is 0 Å². The molecule has 1 N–H and O–H groups in total. The van der Waals surface area contributed by atoms with E-state index in [1.165, 1.54) is 0 Å². The first-order valence-electron chi connectivity index (χ1n) is 6.51. The summed E-state index contributed by atoms with van der Waals surface area (Å²) >= 11 is 3.40. The van der Waals surface area contributed by atoms with Crippen molar-refractivity contribution in [3.8, 4) is 0 Å². The molecule has 1 heterocycles. The number of rotatable bonds is 5. The number of benzene rings is 1. The third-order valence-electron chi connectivity index (χ3n) is 3.18. The summed E-state index contributed by atoms with van der Waals surface area (Å²) in [6.45, 7) is 4.09. The van der Waals surface area contributed by atoms with Crippen LogP contribution >= 0.6 is 15.9 Å². The summed E-state index contributed by atoms with van der Waals surface area (Å²) in [6.07, 6.45) is 1.83. The average molecular weight is 324 g/mol. The summed E-state index contributed by atoms with van der Waals surface area (Å²) in [5.74, 6) is 0.246. The molecule has 0 aliphatic heterocycles. The van der Waals surface area contributed by atoms with Gasteiger partial charge >= 0.3 is 0 Å². The summed E-state index contributed by atoms with van der Waals surface area (Å²) in [7, 11) is 0. The summed E-state index contributed by atoms with van der Waals surface area (Å²) in [6, 6.07) is 7.88. The number of hydrogen-bond acceptors (Lipinski definition) is 2. The maximum atomic E-state index is 12.1. The van der Waals surface area contributed by atoms with E-state index in [1.807, 2.05) is 25.1 Å². The Morgan fingerprint density at radius 3 is 2.89 bits per heavy atom. The van der Waals surface area contributed by atoms with E-state index in [1.54, 1.807) is 6.07 Å². The van der Waals surface area contributed by atoms with Crippen molar-refractivity contribution in [2.24, 2.45) is 0 Å². The first kappa shape index (κ1) is 14.1. The lowest BCUT2D eigenvalue weighted by Crippen LogP contribution is -2.34. The molecule has 0 fully saturated rings. The highest BCUT2D eigenvalue weighted by Gasteiger charge is 2.15. The molecule has 3 nitrogen and oxygen atoms in total. The highest BCUT2D eigenvalue weighted by Crippen LogP contribution is 2.20. The van der Waals surface area contributed by atoms with Crippen molar-refractivity contribution < 1.29 is 9.21 Å². The van der Waals surface area contributed by atoms with Crippen LogP contribution in [0.3, 0.4) is 0 Å². The third-order valence-corrected chi connectivity index (χ3v) is 3.64. The van der Waals surface area contributed by atoms with Crippen molar-refractivity contribution in [3.63, 3.8) is 0 Å². The topological polar surface area (TPSA) is 42.2 Å². The minimum Gasteiger partial charge on any atom is -0.451 e. The molecule has 19 heavy (non-hydrogen) atoms. The van der Waals surface area contributed by atoms with Gasteiger partial charge in [0.2, 0.25) is 0 Å². The van der Waals surface area contributed by atoms with Crippen molar-refractivity contribution >= 4 is 32.8 Å². The molecule has 0 radical (unpaired) electrons. The lowest BCUT2D eigenvalue weighted by molar-refractivity contribution is 0.0909. The lowest BCUT2D eigenvalue weighted by Gasteiger charge is -2.14. The second kappa shape index (κ2) is 6.24. The van der Waals surface area contributed by atoms with Crippen LogP contribution in [0.25, 0.3) is 11.0 Å². The van der Waals surface area contributed by atoms with Crippen LogP contribution in [-0.4, -0.2) is 17.3 Å². The summed E-state index contributed by atoms with van der Waals surface area (Å²) in [5, 5.41) is 4.85. The molecular weight excluding hydrogens is 306 g/mol. The minimum atomic E-state index is -0.137. The lowest BCUT2D eigenvalue weighted by atomic mass is 10.1. The molecular formula is C15H18BrNO2. The largest absolute Gasteiger partial charge is 0.451 e. The minimum absolute atomic E-state index is 0.137. The molecule has 0 bridgehead atoms. The zero-order valence-electron chi connectivity index (χ0n) is 11.2. The average Bonchev–Trinajstić information content (AvgIpc) is 2.81. The molecule has 0 saturated heterocycles. The highest BCUT2D eigenvalue weighted by molar-refractivity contribution is 9.09. The van der Waals surface area contributed by atoms with Crippen LogP contribution in [0.15, 0.2) is 28.7 Å². The van der Waals surface area contributed by atoms with E-state index in [0.29, 0.717) is 5.76 Å². The Morgan fingerprint density at radius 2 is 2.21 bits per heavy atom. The number of hydrogen-bond donors (Lipinski definition) is 1. The second-order valence-corrected chi connectivity index (χ2v) is 5.50. The fourth-order valence-corrected chi connectivity index (χ4v) is 2.59. The van der Waals surface area contributed by atoms with E-state index in [0.717, 1.165) is 34.7 Å². The molecule has 2 aromatic rings. The predicted octanol–water partition coefficient (Wildman–Crippen LogP) is 4.03. The smallest absolute Gasteiger partial charge is 0.287 e. The molecule has 0 aliphatic rings. The van der Waals surface area contributed by atoms with Crippen molar-refractivity contribution in [3.05, 3.63) is 35.6 Å². The van der Waals surface area contributed by atoms with Gasteiger partial charge in [-0.1, -0.05) is 34.5 Å². The van der Waals surface area contributed by atoms with Gasteiger partial charge in [0, 0.05) is 16.8 Å². The van der Waals surface area contributed by atoms with Gasteiger partial charge in [-0.3, -0.25) is 4.79 Å². The maximum absolute atomic E-state index is 12.1. The molecule has 4 heteroatoms. The standard InChI is InChI=1S/C15H18BrNO2/c1-3-12(6-7-16)17-15(18)14-9-11-8-10(2)4-5-13(11)19-14/h4-5,8-9,12H,3,6-7H2,1-2H3,(H,17,18). The van der Waals surface area contributed by atoms with Gasteiger partial charge in [0.25, 0.3) is 5.91 Å². The zero-order chi connectivity index (χ0) is 13.8. The van der Waals surface area contributed by atoms with Gasteiger partial charge in [-0.2, -0.15) is 0 Å². The Balaban J connectivity index is 2.17. The molecule has 1 aromatic carbocycles. The van der Waals surface area contributed by atoms with Gasteiger partial charge in [0.1, 0.15) is 5.58 Å². The Bertz CT molecular complexity index is 577. The van der Waals surface area contributed by atoms with Crippen molar-refractivity contribution in [2.75, 3.05) is 5.33 Å². The fraction of sp³-hybridized carbons (Fsp3) is 0.400. The van der Waals surface area contributed by atoms with Gasteiger partial charge in [0.05, 0.1) is 0 Å². The van der Waals surface area contributed by atoms with Crippen LogP contribution < -0.4 is 5.32 Å². The van der Waals surface area contributed by atoms with Gasteiger partial charge in [-0.25, -0.2) is 0 Å². The van der Waals surface area contributed by atoms with Gasteiger partial charge < -0.3 is 9.73 Å². The zero-order valence-corrected chi connectivity index (χ0v) is 12.8. The van der Waals surface area contributed by atoms with Crippen molar-refractivity contribution in [2.45, 2.75) is 32.7 Å². The molecule has 1 atom stereocenters. The van der Waals surface area contributed by atoms with E-state index in [4.69, 9.17) is 4.42 Å². The summed E-state index contributed by atoms with van der Waals surface area (Å²) in [5.41, 5.74) is 1.91. The van der Waals surface area contributed by atoms with E-state index >= 15 is 0 Å². The molecule has 1 aromatic heterocycles. The number of carbonyl (C=O) groups is 1. The molecule has 1 unspecified atom stereocenters. The van der Waals surface area contributed by atoms with Gasteiger partial charge in [-0.05, 0) is 38.0 Å². The van der Waals surface area contributed by atoms with Crippen LogP contribution in [-0.2, 0) is 0 Å². The molecule has 0 saturated carbocycles. The maximum Gasteiger partial charge on any atom is 0.287 e. The Kier molecular flexibility index (Phi) is 4.64. The first-order chi connectivity index (χ1) is 9.13. The van der Waals surface area contributed by atoms with E-state index in [-0.39, 0.29) is 11.9 Å². The third kappa shape index (κ3) is 3.38. The SMILES string of the molecule is CCC(CCBr)NC(=O)c1cc2cc(C)ccc2o1. The van der Waals surface area contributed by atoms with Crippen LogP contribution in [0.1, 0.15) is 35.9 Å². The number of halogens is 1. The number of carbonyl (C=O) groups excluding carboxylic acids is 1. The summed E-state index contributed by atoms with van der Waals surface area (Å²) in [4.78, 5) is 12.1. The van der Waals surface area contributed by atoms with Gasteiger partial charge in [0.15, 0.2) is 5.76 Å². The van der Waals surface area contributed by atoms with E-state index in [9.17, 15) is 4.79 Å². The molecule has 0 spiro atoms. The Labute approximate surface area is 121 Å². The Hall–Kier alpha value is -1.29. The first-order valence-corrected chi connectivity index (χ1v) is 7.63. The van der Waals surface area contributed by atoms with E-state index < -0.39 is 0 Å². The highest BCUT2D eigenvalue weighted by atomic mass is 79.9. The predicted molar refractivity (Wildman–Crippen MR) is 80.9 cm³/mol. The van der Waals surface area contributed by atoms with Crippen LogP contribution in [0.5, 0.6) is 0 Å². The van der Waals surface area contributed by atoms with Gasteiger partial charge in [-0.15, -0.1) is 0 Å². The van der Waals surface area contributed by atoms with E-state index in [2.05, 4.69) is 28.2 Å². The van der Waals surface area contributed by atoms with Crippen molar-refractivity contribution in [1.29, 1.82) is 0 Å². The van der Waals surface area contributed by atoms with Crippen LogP contribution in [0.2, 0.25) is 0 Å². The number of furan rings is 1. The fourth-order valence-electron chi connectivity index (χ4n) is 2.04. The molecule has 102 valence electrons. The number of fused-ring (bicyclic) bond motifs is 1. The number of nitrogens with one attached hydrogen (secondary N) is 1. The molecule has 0 aliphatic carbocycles. The molecule has 1 amide bonds. The normalized spacial score (nSPS) is 12.6. The molecule has 2 rings (SSSR count). The Morgan fingerprint density at radius 1 is 1.42 bits per heavy atom. The quantitative estimate of drug-likeness (QED) is 0.844. The number of alkyl halides is 1. The summed E-state index contributed by atoms with van der Waals surface area (Å²) < 4.78 is 5.58. The number of amides is 1. The second-order valence-electron chi connectivity index (χ2n) is 4.71. The van der Waals surface area contributed by atoms with Crippen LogP contribution in [0, 0.1) is 6.92 Å². The van der Waals surface area contributed by atoms with Crippen molar-refractivity contribution in [1.82, 2.24) is 5.32 Å². The monoisotopic (exact) mass is 323 g/mol. The number of aryl methyl sites for hydroxylation is 1.